The third kappa shape index (κ3) is 2.89. The molecule has 0 aliphatic carbocycles. The normalized spacial score (nSPS) is 10.2. The van der Waals surface area contributed by atoms with Crippen molar-refractivity contribution in [2.24, 2.45) is 0 Å². The van der Waals surface area contributed by atoms with Gasteiger partial charge in [0.2, 0.25) is 5.82 Å². The van der Waals surface area contributed by atoms with E-state index in [9.17, 15) is 10.1 Å². The number of hydrogen-bond acceptors (Lipinski definition) is 6. The quantitative estimate of drug-likeness (QED) is 0.682. The minimum atomic E-state index is -0.525. The number of hydrogen-bond donors (Lipinski definition) is 1. The van der Waals surface area contributed by atoms with Gasteiger partial charge in [0.25, 0.3) is 0 Å². The van der Waals surface area contributed by atoms with Crippen LogP contribution in [0.25, 0.3) is 0 Å². The molecule has 0 saturated heterocycles. The van der Waals surface area contributed by atoms with E-state index in [-0.39, 0.29) is 16.5 Å². The highest BCUT2D eigenvalue weighted by Crippen LogP contribution is 2.25. The van der Waals surface area contributed by atoms with Crippen molar-refractivity contribution in [2.45, 2.75) is 6.54 Å². The van der Waals surface area contributed by atoms with Crippen molar-refractivity contribution < 1.29 is 4.92 Å². The van der Waals surface area contributed by atoms with Gasteiger partial charge in [-0.05, 0) is 0 Å². The van der Waals surface area contributed by atoms with Gasteiger partial charge >= 0.3 is 5.69 Å². The summed E-state index contributed by atoms with van der Waals surface area (Å²) in [6.07, 6.45) is 3.03. The standard InChI is InChI=1S/C9H7ClN4O2S/c10-6-3-7(14(15)16)9(12-4-6)13-5-8-11-1-2-17-8/h1-4H,5H2,(H,12,13). The molecule has 0 amide bonds. The summed E-state index contributed by atoms with van der Waals surface area (Å²) in [6, 6.07) is 1.26. The van der Waals surface area contributed by atoms with Gasteiger partial charge in [-0.3, -0.25) is 10.1 Å². The summed E-state index contributed by atoms with van der Waals surface area (Å²) in [4.78, 5) is 18.2. The summed E-state index contributed by atoms with van der Waals surface area (Å²) in [5, 5.41) is 16.5. The lowest BCUT2D eigenvalue weighted by molar-refractivity contribution is -0.384. The van der Waals surface area contributed by atoms with E-state index >= 15 is 0 Å². The van der Waals surface area contributed by atoms with Crippen LogP contribution in [0.5, 0.6) is 0 Å². The molecule has 0 aromatic carbocycles. The van der Waals surface area contributed by atoms with Gasteiger partial charge in [-0.25, -0.2) is 9.97 Å². The van der Waals surface area contributed by atoms with Gasteiger partial charge in [0.15, 0.2) is 0 Å². The highest BCUT2D eigenvalue weighted by atomic mass is 35.5. The molecule has 0 bridgehead atoms. The predicted octanol–water partition coefficient (Wildman–Crippen LogP) is 2.71. The number of anilines is 1. The first-order chi connectivity index (χ1) is 8.16. The predicted molar refractivity (Wildman–Crippen MR) is 65.3 cm³/mol. The molecule has 17 heavy (non-hydrogen) atoms. The SMILES string of the molecule is O=[N+]([O-])c1cc(Cl)cnc1NCc1nccs1. The lowest BCUT2D eigenvalue weighted by atomic mass is 10.4. The van der Waals surface area contributed by atoms with E-state index in [1.165, 1.54) is 23.6 Å². The van der Waals surface area contributed by atoms with Crippen molar-refractivity contribution >= 4 is 34.4 Å². The van der Waals surface area contributed by atoms with Crippen molar-refractivity contribution in [3.63, 3.8) is 0 Å². The van der Waals surface area contributed by atoms with E-state index in [4.69, 9.17) is 11.6 Å². The second-order valence-corrected chi connectivity index (χ2v) is 4.47. The van der Waals surface area contributed by atoms with Gasteiger partial charge in [-0.2, -0.15) is 0 Å². The van der Waals surface area contributed by atoms with Gasteiger partial charge in [-0.1, -0.05) is 11.6 Å². The third-order valence-corrected chi connectivity index (χ3v) is 2.91. The number of rotatable bonds is 4. The van der Waals surface area contributed by atoms with Crippen molar-refractivity contribution in [1.82, 2.24) is 9.97 Å². The zero-order valence-electron chi connectivity index (χ0n) is 8.46. The highest BCUT2D eigenvalue weighted by molar-refractivity contribution is 7.09. The van der Waals surface area contributed by atoms with Gasteiger partial charge in [0.1, 0.15) is 5.01 Å². The monoisotopic (exact) mass is 270 g/mol. The maximum Gasteiger partial charge on any atom is 0.312 e. The van der Waals surface area contributed by atoms with E-state index < -0.39 is 4.92 Å². The van der Waals surface area contributed by atoms with E-state index in [1.807, 2.05) is 5.38 Å². The molecule has 0 spiro atoms. The summed E-state index contributed by atoms with van der Waals surface area (Å²) in [6.45, 7) is 0.396. The number of thiazole rings is 1. The minimum absolute atomic E-state index is 0.144. The molecule has 0 aliphatic rings. The lowest BCUT2D eigenvalue weighted by Crippen LogP contribution is -2.04. The summed E-state index contributed by atoms with van der Waals surface area (Å²) in [5.74, 6) is 0.189. The highest BCUT2D eigenvalue weighted by Gasteiger charge is 2.15. The second kappa shape index (κ2) is 5.07. The van der Waals surface area contributed by atoms with Gasteiger partial charge in [0, 0.05) is 23.8 Å². The Morgan fingerprint density at radius 2 is 2.35 bits per heavy atom. The van der Waals surface area contributed by atoms with Crippen molar-refractivity contribution in [2.75, 3.05) is 5.32 Å². The topological polar surface area (TPSA) is 81.0 Å². The van der Waals surface area contributed by atoms with Crippen LogP contribution in [0.2, 0.25) is 5.02 Å². The Morgan fingerprint density at radius 3 is 3.00 bits per heavy atom. The Labute approximate surface area is 105 Å². The molecule has 8 heteroatoms. The smallest absolute Gasteiger partial charge is 0.312 e. The first-order valence-corrected chi connectivity index (χ1v) is 5.85. The number of pyridine rings is 1. The van der Waals surface area contributed by atoms with Gasteiger partial charge in [0.05, 0.1) is 16.5 Å². The second-order valence-electron chi connectivity index (χ2n) is 3.06. The van der Waals surface area contributed by atoms with E-state index in [0.29, 0.717) is 6.54 Å². The summed E-state index contributed by atoms with van der Waals surface area (Å²) >= 11 is 7.12. The first-order valence-electron chi connectivity index (χ1n) is 4.59. The summed E-state index contributed by atoms with van der Waals surface area (Å²) in [7, 11) is 0. The molecule has 0 aliphatic heterocycles. The molecule has 0 radical (unpaired) electrons. The Bertz CT molecular complexity index is 532. The largest absolute Gasteiger partial charge is 0.358 e. The summed E-state index contributed by atoms with van der Waals surface area (Å²) in [5.41, 5.74) is -0.144. The van der Waals surface area contributed by atoms with Crippen molar-refractivity contribution in [3.8, 4) is 0 Å². The van der Waals surface area contributed by atoms with Crippen LogP contribution in [0, 0.1) is 10.1 Å². The lowest BCUT2D eigenvalue weighted by Gasteiger charge is -2.04. The van der Waals surface area contributed by atoms with E-state index in [0.717, 1.165) is 5.01 Å². The van der Waals surface area contributed by atoms with Crippen LogP contribution in [0.1, 0.15) is 5.01 Å². The van der Waals surface area contributed by atoms with Crippen molar-refractivity contribution in [3.05, 3.63) is 44.0 Å². The average molecular weight is 271 g/mol. The van der Waals surface area contributed by atoms with Gasteiger partial charge < -0.3 is 5.32 Å². The molecular formula is C9H7ClN4O2S. The van der Waals surface area contributed by atoms with Crippen LogP contribution in [0.4, 0.5) is 11.5 Å². The molecule has 0 atom stereocenters. The van der Waals surface area contributed by atoms with Crippen LogP contribution in [-0.2, 0) is 6.54 Å². The molecule has 6 nitrogen and oxygen atoms in total. The zero-order chi connectivity index (χ0) is 12.3. The van der Waals surface area contributed by atoms with Crippen LogP contribution >= 0.6 is 22.9 Å². The number of nitrogens with zero attached hydrogens (tertiary/aromatic N) is 3. The Kier molecular flexibility index (Phi) is 3.50. The van der Waals surface area contributed by atoms with E-state index in [2.05, 4.69) is 15.3 Å². The fourth-order valence-corrected chi connectivity index (χ4v) is 1.91. The molecule has 2 heterocycles. The Hall–Kier alpha value is -1.73. The first kappa shape index (κ1) is 11.7. The number of halogens is 1. The molecule has 0 unspecified atom stereocenters. The molecule has 88 valence electrons. The summed E-state index contributed by atoms with van der Waals surface area (Å²) < 4.78 is 0. The Balaban J connectivity index is 2.17. The Morgan fingerprint density at radius 1 is 1.53 bits per heavy atom. The molecular weight excluding hydrogens is 264 g/mol. The van der Waals surface area contributed by atoms with Crippen LogP contribution in [0.15, 0.2) is 23.8 Å². The molecule has 0 fully saturated rings. The van der Waals surface area contributed by atoms with E-state index in [1.54, 1.807) is 6.20 Å². The number of nitro groups is 1. The maximum absolute atomic E-state index is 10.8. The third-order valence-electron chi connectivity index (χ3n) is 1.92. The van der Waals surface area contributed by atoms with Gasteiger partial charge in [-0.15, -0.1) is 11.3 Å². The van der Waals surface area contributed by atoms with Crippen LogP contribution in [-0.4, -0.2) is 14.9 Å². The van der Waals surface area contributed by atoms with Crippen LogP contribution < -0.4 is 5.32 Å². The van der Waals surface area contributed by atoms with Crippen molar-refractivity contribution in [1.29, 1.82) is 0 Å². The maximum atomic E-state index is 10.8. The average Bonchev–Trinajstić information content (AvgIpc) is 2.80. The van der Waals surface area contributed by atoms with Crippen LogP contribution in [0.3, 0.4) is 0 Å². The fraction of sp³-hybridized carbons (Fsp3) is 0.111. The molecule has 2 rings (SSSR count). The molecule has 0 saturated carbocycles. The molecule has 2 aromatic rings. The number of aromatic nitrogens is 2. The molecule has 2 aromatic heterocycles. The molecule has 1 N–H and O–H groups in total. The number of nitrogens with one attached hydrogen (secondary N) is 1. The minimum Gasteiger partial charge on any atom is -0.358 e. The zero-order valence-corrected chi connectivity index (χ0v) is 10.0. The fourth-order valence-electron chi connectivity index (χ4n) is 1.20.